The van der Waals surface area contributed by atoms with Gasteiger partial charge in [-0.2, -0.15) is 11.8 Å². The maximum Gasteiger partial charge on any atom is 0.161 e. The Balaban J connectivity index is 1.93. The first-order valence-electron chi connectivity index (χ1n) is 6.05. The van der Waals surface area contributed by atoms with Gasteiger partial charge >= 0.3 is 0 Å². The molecule has 1 aromatic carbocycles. The number of phenols is 1. The molecule has 1 aliphatic rings. The number of phenolic OH excluding ortho intramolecular Hbond substituents is 1. The molecule has 4 heteroatoms. The molecule has 1 unspecified atom stereocenters. The zero-order chi connectivity index (χ0) is 12.1. The topological polar surface area (TPSA) is 41.5 Å². The van der Waals surface area contributed by atoms with E-state index in [9.17, 15) is 5.11 Å². The van der Waals surface area contributed by atoms with E-state index in [1.165, 1.54) is 17.9 Å². The molecule has 0 saturated carbocycles. The predicted octanol–water partition coefficient (Wildman–Crippen LogP) is 2.39. The molecule has 1 atom stereocenters. The molecule has 1 aliphatic heterocycles. The standard InChI is InChI=1S/C13H19NO2S/c1-2-16-13-7-10(3-4-12(13)15)8-14-11-5-6-17-9-11/h3-4,7,11,14-15H,2,5-6,8-9H2,1H3. The van der Waals surface area contributed by atoms with Crippen LogP contribution in [-0.4, -0.2) is 29.3 Å². The lowest BCUT2D eigenvalue weighted by Crippen LogP contribution is -2.27. The summed E-state index contributed by atoms with van der Waals surface area (Å²) in [6.45, 7) is 3.33. The second-order valence-corrected chi connectivity index (χ2v) is 5.33. The van der Waals surface area contributed by atoms with Gasteiger partial charge in [0.1, 0.15) is 0 Å². The summed E-state index contributed by atoms with van der Waals surface area (Å²) in [6, 6.07) is 6.18. The fraction of sp³-hybridized carbons (Fsp3) is 0.538. The van der Waals surface area contributed by atoms with E-state index in [4.69, 9.17) is 4.74 Å². The van der Waals surface area contributed by atoms with Crippen LogP contribution in [0.25, 0.3) is 0 Å². The van der Waals surface area contributed by atoms with Crippen LogP contribution in [0.2, 0.25) is 0 Å². The molecule has 1 fully saturated rings. The highest BCUT2D eigenvalue weighted by molar-refractivity contribution is 7.99. The van der Waals surface area contributed by atoms with Crippen LogP contribution in [0.5, 0.6) is 11.5 Å². The van der Waals surface area contributed by atoms with Gasteiger partial charge in [0.05, 0.1) is 6.61 Å². The van der Waals surface area contributed by atoms with Crippen molar-refractivity contribution in [2.75, 3.05) is 18.1 Å². The van der Waals surface area contributed by atoms with Crippen molar-refractivity contribution in [1.29, 1.82) is 0 Å². The van der Waals surface area contributed by atoms with Gasteiger partial charge in [0, 0.05) is 18.3 Å². The monoisotopic (exact) mass is 253 g/mol. The molecule has 2 rings (SSSR count). The number of aromatic hydroxyl groups is 1. The van der Waals surface area contributed by atoms with Crippen LogP contribution in [0, 0.1) is 0 Å². The molecule has 3 nitrogen and oxygen atoms in total. The third-order valence-electron chi connectivity index (χ3n) is 2.85. The first-order valence-corrected chi connectivity index (χ1v) is 7.21. The maximum absolute atomic E-state index is 9.60. The normalized spacial score (nSPS) is 19.5. The van der Waals surface area contributed by atoms with Crippen LogP contribution in [-0.2, 0) is 6.54 Å². The molecule has 0 aromatic heterocycles. The molecule has 0 bridgehead atoms. The van der Waals surface area contributed by atoms with Crippen molar-refractivity contribution < 1.29 is 9.84 Å². The third-order valence-corrected chi connectivity index (χ3v) is 4.01. The van der Waals surface area contributed by atoms with E-state index in [1.807, 2.05) is 30.8 Å². The summed E-state index contributed by atoms with van der Waals surface area (Å²) in [5.74, 6) is 3.26. The summed E-state index contributed by atoms with van der Waals surface area (Å²) in [7, 11) is 0. The fourth-order valence-corrected chi connectivity index (χ4v) is 3.08. The van der Waals surface area contributed by atoms with Crippen LogP contribution in [0.3, 0.4) is 0 Å². The van der Waals surface area contributed by atoms with Crippen molar-refractivity contribution in [3.05, 3.63) is 23.8 Å². The molecule has 1 saturated heterocycles. The van der Waals surface area contributed by atoms with Gasteiger partial charge in [0.2, 0.25) is 0 Å². The average Bonchev–Trinajstić information content (AvgIpc) is 2.83. The summed E-state index contributed by atoms with van der Waals surface area (Å²) in [4.78, 5) is 0. The minimum Gasteiger partial charge on any atom is -0.504 e. The second-order valence-electron chi connectivity index (χ2n) is 4.18. The van der Waals surface area contributed by atoms with Crippen molar-refractivity contribution in [2.24, 2.45) is 0 Å². The Morgan fingerprint density at radius 2 is 2.41 bits per heavy atom. The third kappa shape index (κ3) is 3.54. The molecule has 1 aromatic rings. The summed E-state index contributed by atoms with van der Waals surface area (Å²) in [5.41, 5.74) is 1.16. The van der Waals surface area contributed by atoms with E-state index in [-0.39, 0.29) is 5.75 Å². The Kier molecular flexibility index (Phi) is 4.57. The first kappa shape index (κ1) is 12.6. The Morgan fingerprint density at radius 1 is 1.53 bits per heavy atom. The van der Waals surface area contributed by atoms with Gasteiger partial charge in [0.15, 0.2) is 11.5 Å². The van der Waals surface area contributed by atoms with Crippen LogP contribution >= 0.6 is 11.8 Å². The predicted molar refractivity (Wildman–Crippen MR) is 71.8 cm³/mol. The molecule has 0 spiro atoms. The van der Waals surface area contributed by atoms with E-state index in [0.29, 0.717) is 18.4 Å². The van der Waals surface area contributed by atoms with Gasteiger partial charge in [-0.15, -0.1) is 0 Å². The molecule has 0 aliphatic carbocycles. The number of ether oxygens (including phenoxy) is 1. The zero-order valence-electron chi connectivity index (χ0n) is 10.1. The SMILES string of the molecule is CCOc1cc(CNC2CCSC2)ccc1O. The lowest BCUT2D eigenvalue weighted by Gasteiger charge is -2.12. The molecule has 94 valence electrons. The summed E-state index contributed by atoms with van der Waals surface area (Å²) < 4.78 is 5.37. The van der Waals surface area contributed by atoms with Gasteiger partial charge < -0.3 is 15.2 Å². The highest BCUT2D eigenvalue weighted by atomic mass is 32.2. The highest BCUT2D eigenvalue weighted by Crippen LogP contribution is 2.27. The zero-order valence-corrected chi connectivity index (χ0v) is 10.9. The number of thioether (sulfide) groups is 1. The maximum atomic E-state index is 9.60. The molecule has 2 N–H and O–H groups in total. The van der Waals surface area contributed by atoms with E-state index in [1.54, 1.807) is 6.07 Å². The van der Waals surface area contributed by atoms with E-state index in [0.717, 1.165) is 12.1 Å². The van der Waals surface area contributed by atoms with Crippen molar-refractivity contribution in [1.82, 2.24) is 5.32 Å². The van der Waals surface area contributed by atoms with Crippen molar-refractivity contribution in [2.45, 2.75) is 25.9 Å². The van der Waals surface area contributed by atoms with Crippen molar-refractivity contribution >= 4 is 11.8 Å². The number of nitrogens with one attached hydrogen (secondary N) is 1. The lowest BCUT2D eigenvalue weighted by molar-refractivity contribution is 0.317. The molecular weight excluding hydrogens is 234 g/mol. The number of benzene rings is 1. The van der Waals surface area contributed by atoms with E-state index >= 15 is 0 Å². The Hall–Kier alpha value is -0.870. The summed E-state index contributed by atoms with van der Waals surface area (Å²) in [6.07, 6.45) is 1.25. The second kappa shape index (κ2) is 6.17. The Morgan fingerprint density at radius 3 is 3.12 bits per heavy atom. The van der Waals surface area contributed by atoms with Gasteiger partial charge in [-0.25, -0.2) is 0 Å². The number of hydrogen-bond acceptors (Lipinski definition) is 4. The van der Waals surface area contributed by atoms with Crippen molar-refractivity contribution in [3.8, 4) is 11.5 Å². The quantitative estimate of drug-likeness (QED) is 0.845. The van der Waals surface area contributed by atoms with E-state index in [2.05, 4.69) is 5.32 Å². The Bertz CT molecular complexity index is 364. The lowest BCUT2D eigenvalue weighted by atomic mass is 10.2. The Labute approximate surface area is 107 Å². The van der Waals surface area contributed by atoms with E-state index < -0.39 is 0 Å². The largest absolute Gasteiger partial charge is 0.504 e. The van der Waals surface area contributed by atoms with Gasteiger partial charge in [-0.05, 0) is 36.8 Å². The van der Waals surface area contributed by atoms with Crippen LogP contribution < -0.4 is 10.1 Å². The average molecular weight is 253 g/mol. The highest BCUT2D eigenvalue weighted by Gasteiger charge is 2.14. The minimum absolute atomic E-state index is 0.215. The van der Waals surface area contributed by atoms with Gasteiger partial charge in [-0.3, -0.25) is 0 Å². The van der Waals surface area contributed by atoms with Gasteiger partial charge in [0.25, 0.3) is 0 Å². The summed E-state index contributed by atoms with van der Waals surface area (Å²) in [5, 5.41) is 13.1. The molecule has 0 amide bonds. The molecule has 0 radical (unpaired) electrons. The molecule has 1 heterocycles. The summed E-state index contributed by atoms with van der Waals surface area (Å²) >= 11 is 2.00. The fourth-order valence-electron chi connectivity index (χ4n) is 1.90. The van der Waals surface area contributed by atoms with Crippen LogP contribution in [0.15, 0.2) is 18.2 Å². The van der Waals surface area contributed by atoms with Gasteiger partial charge in [-0.1, -0.05) is 6.07 Å². The number of hydrogen-bond donors (Lipinski definition) is 2. The van der Waals surface area contributed by atoms with Crippen LogP contribution in [0.1, 0.15) is 18.9 Å². The smallest absolute Gasteiger partial charge is 0.161 e. The minimum atomic E-state index is 0.215. The first-order chi connectivity index (χ1) is 8.29. The molecular formula is C13H19NO2S. The molecule has 17 heavy (non-hydrogen) atoms. The van der Waals surface area contributed by atoms with Crippen molar-refractivity contribution in [3.63, 3.8) is 0 Å². The number of rotatable bonds is 5. The van der Waals surface area contributed by atoms with Crippen LogP contribution in [0.4, 0.5) is 0 Å².